The van der Waals surface area contributed by atoms with Crippen LogP contribution in [-0.2, 0) is 11.2 Å². The lowest BCUT2D eigenvalue weighted by molar-refractivity contribution is -0.127. The van der Waals surface area contributed by atoms with Crippen LogP contribution in [0.5, 0.6) is 11.5 Å². The Balaban J connectivity index is 1.65. The molecular weight excluding hydrogens is 354 g/mol. The maximum atomic E-state index is 12.3. The van der Waals surface area contributed by atoms with E-state index < -0.39 is 12.0 Å². The van der Waals surface area contributed by atoms with Gasteiger partial charge in [0.15, 0.2) is 6.10 Å². The highest BCUT2D eigenvalue weighted by Gasteiger charge is 2.15. The van der Waals surface area contributed by atoms with E-state index in [2.05, 4.69) is 22.1 Å². The Bertz CT molecular complexity index is 1030. The number of carbonyl (C=O) groups is 1. The van der Waals surface area contributed by atoms with Crippen LogP contribution >= 0.6 is 0 Å². The van der Waals surface area contributed by atoms with E-state index in [4.69, 9.17) is 4.74 Å². The molecule has 0 aliphatic carbocycles. The maximum absolute atomic E-state index is 12.3. The van der Waals surface area contributed by atoms with Gasteiger partial charge in [-0.1, -0.05) is 36.4 Å². The van der Waals surface area contributed by atoms with Crippen LogP contribution < -0.4 is 10.2 Å². The number of hydrazone groups is 1. The summed E-state index contributed by atoms with van der Waals surface area (Å²) >= 11 is 0. The molecule has 28 heavy (non-hydrogen) atoms. The molecule has 0 saturated heterocycles. The van der Waals surface area contributed by atoms with Gasteiger partial charge in [-0.15, -0.1) is 6.58 Å². The van der Waals surface area contributed by atoms with Crippen LogP contribution in [0.25, 0.3) is 10.9 Å². The first-order chi connectivity index (χ1) is 13.6. The van der Waals surface area contributed by atoms with Gasteiger partial charge in [-0.25, -0.2) is 5.43 Å². The third-order valence-corrected chi connectivity index (χ3v) is 4.16. The Morgan fingerprint density at radius 2 is 2.07 bits per heavy atom. The van der Waals surface area contributed by atoms with Crippen LogP contribution in [0.4, 0.5) is 0 Å². The third kappa shape index (κ3) is 4.35. The average Bonchev–Trinajstić information content (AvgIpc) is 2.71. The number of hydrogen-bond acceptors (Lipinski definition) is 5. The molecule has 1 amide bonds. The largest absolute Gasteiger partial charge is 0.507 e. The van der Waals surface area contributed by atoms with Gasteiger partial charge in [0.05, 0.1) is 6.21 Å². The molecule has 3 aromatic rings. The lowest BCUT2D eigenvalue weighted by Gasteiger charge is -2.14. The van der Waals surface area contributed by atoms with Crippen LogP contribution in [-0.4, -0.2) is 28.3 Å². The molecule has 2 aromatic carbocycles. The number of carbonyl (C=O) groups excluding carboxylic acids is 1. The van der Waals surface area contributed by atoms with Gasteiger partial charge in [-0.3, -0.25) is 9.78 Å². The van der Waals surface area contributed by atoms with Crippen LogP contribution in [0.15, 0.2) is 72.5 Å². The van der Waals surface area contributed by atoms with Gasteiger partial charge in [0.25, 0.3) is 5.91 Å². The number of ether oxygens (including phenoxy) is 1. The highest BCUT2D eigenvalue weighted by molar-refractivity contribution is 5.87. The van der Waals surface area contributed by atoms with E-state index in [1.54, 1.807) is 43.5 Å². The molecule has 3 rings (SSSR count). The SMILES string of the molecule is C=CCc1cccc(/C=N/NC(=O)[C@H](C)Oc2cccc3cccnc23)c1O. The predicted octanol–water partition coefficient (Wildman–Crippen LogP) is 3.59. The first-order valence-electron chi connectivity index (χ1n) is 8.85. The second kappa shape index (κ2) is 8.81. The molecule has 0 saturated carbocycles. The quantitative estimate of drug-likeness (QED) is 0.376. The van der Waals surface area contributed by atoms with E-state index in [0.717, 1.165) is 10.9 Å². The van der Waals surface area contributed by atoms with Crippen LogP contribution in [0, 0.1) is 0 Å². The van der Waals surface area contributed by atoms with E-state index in [1.807, 2.05) is 24.3 Å². The zero-order valence-electron chi connectivity index (χ0n) is 15.5. The Labute approximate surface area is 163 Å². The summed E-state index contributed by atoms with van der Waals surface area (Å²) in [6.07, 6.45) is 4.55. The molecule has 0 bridgehead atoms. The monoisotopic (exact) mass is 375 g/mol. The van der Waals surface area contributed by atoms with Crippen molar-refractivity contribution in [3.05, 3.63) is 78.5 Å². The van der Waals surface area contributed by atoms with Crippen molar-refractivity contribution in [1.29, 1.82) is 0 Å². The summed E-state index contributed by atoms with van der Waals surface area (Å²) < 4.78 is 5.76. The molecule has 1 aromatic heterocycles. The summed E-state index contributed by atoms with van der Waals surface area (Å²) in [6, 6.07) is 14.6. The number of fused-ring (bicyclic) bond motifs is 1. The lowest BCUT2D eigenvalue weighted by Crippen LogP contribution is -2.33. The van der Waals surface area contributed by atoms with Gasteiger partial charge >= 0.3 is 0 Å². The number of rotatable bonds is 7. The number of nitrogens with zero attached hydrogens (tertiary/aromatic N) is 2. The van der Waals surface area contributed by atoms with Crippen molar-refractivity contribution in [3.8, 4) is 11.5 Å². The predicted molar refractivity (Wildman–Crippen MR) is 110 cm³/mol. The zero-order chi connectivity index (χ0) is 19.9. The van der Waals surface area contributed by atoms with Crippen molar-refractivity contribution in [2.75, 3.05) is 0 Å². The first-order valence-corrected chi connectivity index (χ1v) is 8.85. The number of benzene rings is 2. The average molecular weight is 375 g/mol. The van der Waals surface area contributed by atoms with Crippen molar-refractivity contribution in [1.82, 2.24) is 10.4 Å². The number of allylic oxidation sites excluding steroid dienone is 1. The summed E-state index contributed by atoms with van der Waals surface area (Å²) in [4.78, 5) is 16.6. The number of para-hydroxylation sites is 2. The molecule has 6 nitrogen and oxygen atoms in total. The van der Waals surface area contributed by atoms with Gasteiger partial charge in [-0.05, 0) is 37.1 Å². The minimum absolute atomic E-state index is 0.117. The summed E-state index contributed by atoms with van der Waals surface area (Å²) in [5, 5.41) is 15.1. The fraction of sp³-hybridized carbons (Fsp3) is 0.136. The molecule has 0 aliphatic rings. The number of aromatic hydroxyl groups is 1. The Kier molecular flexibility index (Phi) is 6.01. The molecule has 0 spiro atoms. The number of phenols is 1. The number of aromatic nitrogens is 1. The van der Waals surface area contributed by atoms with E-state index in [0.29, 0.717) is 23.3 Å². The number of nitrogens with one attached hydrogen (secondary N) is 1. The molecular formula is C22H21N3O3. The van der Waals surface area contributed by atoms with Crippen LogP contribution in [0.1, 0.15) is 18.1 Å². The summed E-state index contributed by atoms with van der Waals surface area (Å²) in [6.45, 7) is 5.30. The van der Waals surface area contributed by atoms with Crippen molar-refractivity contribution in [3.63, 3.8) is 0 Å². The molecule has 2 N–H and O–H groups in total. The Morgan fingerprint density at radius 3 is 2.89 bits per heavy atom. The topological polar surface area (TPSA) is 83.8 Å². The van der Waals surface area contributed by atoms with Crippen molar-refractivity contribution in [2.45, 2.75) is 19.4 Å². The van der Waals surface area contributed by atoms with E-state index in [1.165, 1.54) is 6.21 Å². The number of pyridine rings is 1. The van der Waals surface area contributed by atoms with Crippen molar-refractivity contribution in [2.24, 2.45) is 5.10 Å². The lowest BCUT2D eigenvalue weighted by atomic mass is 10.1. The fourth-order valence-electron chi connectivity index (χ4n) is 2.71. The fourth-order valence-corrected chi connectivity index (χ4v) is 2.71. The van der Waals surface area contributed by atoms with E-state index in [9.17, 15) is 9.90 Å². The van der Waals surface area contributed by atoms with Gasteiger partial charge < -0.3 is 9.84 Å². The van der Waals surface area contributed by atoms with Crippen molar-refractivity contribution < 1.29 is 14.6 Å². The van der Waals surface area contributed by atoms with Gasteiger partial charge in [0.1, 0.15) is 17.0 Å². The second-order valence-corrected chi connectivity index (χ2v) is 6.17. The number of amides is 1. The highest BCUT2D eigenvalue weighted by atomic mass is 16.5. The molecule has 0 fully saturated rings. The Hall–Kier alpha value is -3.67. The van der Waals surface area contributed by atoms with E-state index >= 15 is 0 Å². The highest BCUT2D eigenvalue weighted by Crippen LogP contribution is 2.24. The maximum Gasteiger partial charge on any atom is 0.280 e. The molecule has 142 valence electrons. The smallest absolute Gasteiger partial charge is 0.280 e. The molecule has 1 atom stereocenters. The molecule has 6 heteroatoms. The number of hydrogen-bond donors (Lipinski definition) is 2. The summed E-state index contributed by atoms with van der Waals surface area (Å²) in [5.74, 6) is 0.233. The van der Waals surface area contributed by atoms with Gasteiger partial charge in [-0.2, -0.15) is 5.10 Å². The standard InChI is InChI=1S/C22H21N3O3/c1-3-7-17-9-4-10-18(21(17)26)14-24-25-22(27)15(2)28-19-12-5-8-16-11-6-13-23-20(16)19/h3-6,8-15,26H,1,7H2,2H3,(H,25,27)/b24-14+/t15-/m0/s1. The summed E-state index contributed by atoms with van der Waals surface area (Å²) in [7, 11) is 0. The Morgan fingerprint density at radius 1 is 1.29 bits per heavy atom. The zero-order valence-corrected chi connectivity index (χ0v) is 15.5. The van der Waals surface area contributed by atoms with Crippen LogP contribution in [0.3, 0.4) is 0 Å². The first kappa shape index (κ1) is 19.1. The molecule has 1 heterocycles. The van der Waals surface area contributed by atoms with E-state index in [-0.39, 0.29) is 5.75 Å². The minimum Gasteiger partial charge on any atom is -0.507 e. The van der Waals surface area contributed by atoms with Crippen LogP contribution in [0.2, 0.25) is 0 Å². The number of phenolic OH excluding ortho intramolecular Hbond substituents is 1. The van der Waals surface area contributed by atoms with Gasteiger partial charge in [0.2, 0.25) is 0 Å². The third-order valence-electron chi connectivity index (χ3n) is 4.16. The second-order valence-electron chi connectivity index (χ2n) is 6.17. The molecule has 0 aliphatic heterocycles. The van der Waals surface area contributed by atoms with Gasteiger partial charge in [0, 0.05) is 17.1 Å². The molecule has 0 radical (unpaired) electrons. The summed E-state index contributed by atoms with van der Waals surface area (Å²) in [5.41, 5.74) is 4.37. The molecule has 0 unspecified atom stereocenters. The minimum atomic E-state index is -0.773. The van der Waals surface area contributed by atoms with Crippen molar-refractivity contribution >= 4 is 23.0 Å². The normalized spacial score (nSPS) is 12.0.